The molecule has 0 bridgehead atoms. The van der Waals surface area contributed by atoms with Crippen LogP contribution in [0.5, 0.6) is 5.75 Å². The van der Waals surface area contributed by atoms with E-state index in [9.17, 15) is 5.11 Å². The Kier molecular flexibility index (Phi) is 2.38. The second kappa shape index (κ2) is 3.06. The molecule has 13 heavy (non-hydrogen) atoms. The van der Waals surface area contributed by atoms with E-state index in [0.717, 1.165) is 5.56 Å². The molecule has 0 aliphatic heterocycles. The Morgan fingerprint density at radius 3 is 2.00 bits per heavy atom. The number of hydrogen-bond acceptors (Lipinski definition) is 1. The van der Waals surface area contributed by atoms with Crippen molar-refractivity contribution in [1.29, 1.82) is 0 Å². The van der Waals surface area contributed by atoms with Gasteiger partial charge in [0.2, 0.25) is 0 Å². The van der Waals surface area contributed by atoms with E-state index in [-0.39, 0.29) is 5.41 Å². The molecule has 1 rings (SSSR count). The lowest BCUT2D eigenvalue weighted by atomic mass is 9.81. The predicted octanol–water partition coefficient (Wildman–Crippen LogP) is 3.31. The van der Waals surface area contributed by atoms with E-state index in [1.807, 2.05) is 13.0 Å². The van der Waals surface area contributed by atoms with Crippen LogP contribution in [0, 0.1) is 13.8 Å². The number of rotatable bonds is 0. The summed E-state index contributed by atoms with van der Waals surface area (Å²) in [7, 11) is 0. The Morgan fingerprint density at radius 1 is 1.08 bits per heavy atom. The van der Waals surface area contributed by atoms with Crippen molar-refractivity contribution in [3.8, 4) is 5.75 Å². The van der Waals surface area contributed by atoms with Crippen LogP contribution in [-0.4, -0.2) is 5.11 Å². The monoisotopic (exact) mass is 178 g/mol. The van der Waals surface area contributed by atoms with Gasteiger partial charge in [0.25, 0.3) is 0 Å². The molecular weight excluding hydrogens is 160 g/mol. The molecule has 0 aromatic heterocycles. The number of aromatic hydroxyl groups is 1. The molecule has 0 unspecified atom stereocenters. The van der Waals surface area contributed by atoms with Crippen LogP contribution in [0.25, 0.3) is 0 Å². The average molecular weight is 178 g/mol. The second-order valence-corrected chi connectivity index (χ2v) is 4.65. The van der Waals surface area contributed by atoms with E-state index in [2.05, 4.69) is 27.7 Å². The predicted molar refractivity (Wildman–Crippen MR) is 56.3 cm³/mol. The summed E-state index contributed by atoms with van der Waals surface area (Å²) >= 11 is 0. The molecule has 1 heteroatoms. The fourth-order valence-electron chi connectivity index (χ4n) is 1.99. The highest BCUT2D eigenvalue weighted by Gasteiger charge is 2.19. The molecule has 0 amide bonds. The summed E-state index contributed by atoms with van der Waals surface area (Å²) < 4.78 is 0. The van der Waals surface area contributed by atoms with Gasteiger partial charge >= 0.3 is 0 Å². The zero-order chi connectivity index (χ0) is 10.2. The molecule has 0 heterocycles. The van der Waals surface area contributed by atoms with E-state index >= 15 is 0 Å². The van der Waals surface area contributed by atoms with Crippen LogP contribution in [0.3, 0.4) is 0 Å². The standard InChI is InChI=1S/C12H18O/c1-8-6-7-10(13)9(2)11(8)12(3,4)5/h6-7,13H,1-5H3. The van der Waals surface area contributed by atoms with Gasteiger partial charge in [0.1, 0.15) is 5.75 Å². The van der Waals surface area contributed by atoms with Gasteiger partial charge in [0.05, 0.1) is 0 Å². The Balaban J connectivity index is 3.43. The largest absolute Gasteiger partial charge is 0.508 e. The lowest BCUT2D eigenvalue weighted by Crippen LogP contribution is -2.15. The quantitative estimate of drug-likeness (QED) is 0.646. The van der Waals surface area contributed by atoms with Crippen molar-refractivity contribution in [1.82, 2.24) is 0 Å². The minimum absolute atomic E-state index is 0.104. The van der Waals surface area contributed by atoms with E-state index < -0.39 is 0 Å². The van der Waals surface area contributed by atoms with Crippen molar-refractivity contribution < 1.29 is 5.11 Å². The molecule has 72 valence electrons. The van der Waals surface area contributed by atoms with Crippen molar-refractivity contribution in [2.45, 2.75) is 40.0 Å². The lowest BCUT2D eigenvalue weighted by Gasteiger charge is -2.24. The fraction of sp³-hybridized carbons (Fsp3) is 0.500. The maximum absolute atomic E-state index is 9.59. The topological polar surface area (TPSA) is 20.2 Å². The minimum Gasteiger partial charge on any atom is -0.508 e. The first kappa shape index (κ1) is 10.1. The van der Waals surface area contributed by atoms with Crippen molar-refractivity contribution in [2.75, 3.05) is 0 Å². The van der Waals surface area contributed by atoms with Crippen molar-refractivity contribution >= 4 is 0 Å². The van der Waals surface area contributed by atoms with Gasteiger partial charge in [-0.1, -0.05) is 26.8 Å². The molecule has 0 aliphatic carbocycles. The number of hydrogen-bond donors (Lipinski definition) is 1. The molecule has 1 aromatic rings. The Bertz CT molecular complexity index is 319. The summed E-state index contributed by atoms with van der Waals surface area (Å²) in [6.07, 6.45) is 0. The number of benzene rings is 1. The highest BCUT2D eigenvalue weighted by molar-refractivity contribution is 5.46. The molecule has 1 N–H and O–H groups in total. The summed E-state index contributed by atoms with van der Waals surface area (Å²) in [5, 5.41) is 9.59. The lowest BCUT2D eigenvalue weighted by molar-refractivity contribution is 0.465. The molecule has 1 aromatic carbocycles. The molecule has 0 saturated heterocycles. The third-order valence-electron chi connectivity index (χ3n) is 2.39. The summed E-state index contributed by atoms with van der Waals surface area (Å²) in [6.45, 7) is 10.6. The van der Waals surface area contributed by atoms with Gasteiger partial charge in [0, 0.05) is 0 Å². The fourth-order valence-corrected chi connectivity index (χ4v) is 1.99. The van der Waals surface area contributed by atoms with Crippen molar-refractivity contribution in [2.24, 2.45) is 0 Å². The number of phenolic OH excluding ortho intramolecular Hbond substituents is 1. The minimum atomic E-state index is 0.104. The normalized spacial score (nSPS) is 11.8. The zero-order valence-corrected chi connectivity index (χ0v) is 9.10. The number of phenols is 1. The van der Waals surface area contributed by atoms with Crippen molar-refractivity contribution in [3.05, 3.63) is 28.8 Å². The van der Waals surface area contributed by atoms with E-state index in [4.69, 9.17) is 0 Å². The Morgan fingerprint density at radius 2 is 1.62 bits per heavy atom. The van der Waals surface area contributed by atoms with Gasteiger partial charge in [-0.15, -0.1) is 0 Å². The van der Waals surface area contributed by atoms with E-state index in [1.54, 1.807) is 6.07 Å². The zero-order valence-electron chi connectivity index (χ0n) is 9.10. The average Bonchev–Trinajstić information content (AvgIpc) is 1.95. The van der Waals surface area contributed by atoms with Gasteiger partial charge in [-0.05, 0) is 42.0 Å². The van der Waals surface area contributed by atoms with E-state index in [0.29, 0.717) is 5.75 Å². The van der Waals surface area contributed by atoms with Gasteiger partial charge < -0.3 is 5.11 Å². The molecule has 0 fully saturated rings. The van der Waals surface area contributed by atoms with Gasteiger partial charge in [-0.2, -0.15) is 0 Å². The van der Waals surface area contributed by atoms with Crippen LogP contribution in [0.15, 0.2) is 12.1 Å². The SMILES string of the molecule is Cc1ccc(O)c(C)c1C(C)(C)C. The first-order chi connectivity index (χ1) is 5.84. The second-order valence-electron chi connectivity index (χ2n) is 4.65. The summed E-state index contributed by atoms with van der Waals surface area (Å²) in [5.74, 6) is 0.399. The first-order valence-corrected chi connectivity index (χ1v) is 4.63. The highest BCUT2D eigenvalue weighted by Crippen LogP contribution is 2.32. The first-order valence-electron chi connectivity index (χ1n) is 4.63. The highest BCUT2D eigenvalue weighted by atomic mass is 16.3. The van der Waals surface area contributed by atoms with Crippen LogP contribution in [0.4, 0.5) is 0 Å². The van der Waals surface area contributed by atoms with Crippen LogP contribution < -0.4 is 0 Å². The third kappa shape index (κ3) is 1.85. The smallest absolute Gasteiger partial charge is 0.118 e. The maximum Gasteiger partial charge on any atom is 0.118 e. The molecule has 0 atom stereocenters. The molecule has 0 spiro atoms. The Labute approximate surface area is 80.4 Å². The Hall–Kier alpha value is -0.980. The third-order valence-corrected chi connectivity index (χ3v) is 2.39. The van der Waals surface area contributed by atoms with Gasteiger partial charge in [-0.3, -0.25) is 0 Å². The van der Waals surface area contributed by atoms with Crippen LogP contribution in [-0.2, 0) is 5.41 Å². The molecule has 0 aliphatic rings. The summed E-state index contributed by atoms with van der Waals surface area (Å²) in [6, 6.07) is 3.74. The van der Waals surface area contributed by atoms with Crippen LogP contribution >= 0.6 is 0 Å². The summed E-state index contributed by atoms with van der Waals surface area (Å²) in [4.78, 5) is 0. The number of aryl methyl sites for hydroxylation is 1. The molecular formula is C12H18O. The van der Waals surface area contributed by atoms with Crippen LogP contribution in [0.2, 0.25) is 0 Å². The molecule has 0 saturated carbocycles. The van der Waals surface area contributed by atoms with E-state index in [1.165, 1.54) is 11.1 Å². The summed E-state index contributed by atoms with van der Waals surface area (Å²) in [5.41, 5.74) is 3.62. The van der Waals surface area contributed by atoms with Crippen LogP contribution in [0.1, 0.15) is 37.5 Å². The molecule has 1 nitrogen and oxygen atoms in total. The van der Waals surface area contributed by atoms with Gasteiger partial charge in [-0.25, -0.2) is 0 Å². The molecule has 0 radical (unpaired) electrons. The maximum atomic E-state index is 9.59. The van der Waals surface area contributed by atoms with Crippen molar-refractivity contribution in [3.63, 3.8) is 0 Å². The van der Waals surface area contributed by atoms with Gasteiger partial charge in [0.15, 0.2) is 0 Å².